The third-order valence-corrected chi connectivity index (χ3v) is 1.87. The molecule has 2 rings (SSSR count). The Labute approximate surface area is 31.8 Å². The first kappa shape index (κ1) is 2.19. The van der Waals surface area contributed by atoms with Crippen LogP contribution < -0.4 is 0 Å². The van der Waals surface area contributed by atoms with Gasteiger partial charge in [-0.1, -0.05) is 0 Å². The molecule has 1 nitrogen and oxygen atoms in total. The molecule has 0 radical (unpaired) electrons. The van der Waals surface area contributed by atoms with Crippen LogP contribution in [0.3, 0.4) is 0 Å². The minimum atomic E-state index is 1.13. The molecule has 28 valence electrons. The Kier molecular flexibility index (Phi) is 0.126. The molecule has 0 unspecified atom stereocenters. The van der Waals surface area contributed by atoms with Crippen LogP contribution in [0.4, 0.5) is 0 Å². The van der Waals surface area contributed by atoms with Gasteiger partial charge in [0.05, 0.1) is 7.05 Å². The lowest BCUT2D eigenvalue weighted by Crippen LogP contribution is -2.01. The minimum absolute atomic E-state index is 1.13. The van der Waals surface area contributed by atoms with Crippen LogP contribution in [-0.2, 0) is 0 Å². The molecule has 0 amide bonds. The van der Waals surface area contributed by atoms with Gasteiger partial charge in [-0.05, 0) is 0 Å². The van der Waals surface area contributed by atoms with Crippen molar-refractivity contribution < 1.29 is 4.48 Å². The van der Waals surface area contributed by atoms with E-state index in [9.17, 15) is 0 Å². The maximum atomic E-state index is 2.31. The van der Waals surface area contributed by atoms with Crippen molar-refractivity contribution in [2.24, 2.45) is 0 Å². The van der Waals surface area contributed by atoms with Crippen molar-refractivity contribution in [1.82, 2.24) is 0 Å². The van der Waals surface area contributed by atoms with Gasteiger partial charge in [0.1, 0.15) is 13.1 Å². The van der Waals surface area contributed by atoms with Gasteiger partial charge >= 0.3 is 0 Å². The summed E-state index contributed by atoms with van der Waals surface area (Å²) in [5.41, 5.74) is 0. The molecule has 0 atom stereocenters. The normalized spacial score (nSPS) is 70.2. The summed E-state index contributed by atoms with van der Waals surface area (Å²) in [7, 11) is 2.31. The number of rotatable bonds is 0. The van der Waals surface area contributed by atoms with Crippen LogP contribution in [-0.4, -0.2) is 30.7 Å². The Bertz CT molecular complexity index is 71.7. The third-order valence-electron chi connectivity index (χ3n) is 1.87. The molecule has 0 aromatic rings. The van der Waals surface area contributed by atoms with Gasteiger partial charge in [-0.3, -0.25) is 0 Å². The zero-order chi connectivity index (χ0) is 3.49. The van der Waals surface area contributed by atoms with Gasteiger partial charge in [0.2, 0.25) is 0 Å². The Morgan fingerprint density at radius 3 is 1.80 bits per heavy atom. The van der Waals surface area contributed by atoms with E-state index in [-0.39, 0.29) is 0 Å². The molecule has 0 aromatic carbocycles. The first-order valence-corrected chi connectivity index (χ1v) is 2.15. The van der Waals surface area contributed by atoms with Gasteiger partial charge in [-0.25, -0.2) is 0 Å². The molecule has 2 heterocycles. The fraction of sp³-hybridized carbons (Fsp3) is 1.00. The van der Waals surface area contributed by atoms with Crippen LogP contribution in [0.15, 0.2) is 0 Å². The second-order valence-corrected chi connectivity index (χ2v) is 2.50. The van der Waals surface area contributed by atoms with Gasteiger partial charge < -0.3 is 4.48 Å². The molecule has 2 saturated heterocycles. The average molecular weight is 70.1 g/mol. The van der Waals surface area contributed by atoms with Crippen molar-refractivity contribution in [2.75, 3.05) is 20.1 Å². The van der Waals surface area contributed by atoms with E-state index in [2.05, 4.69) is 7.05 Å². The molecule has 0 spiro atoms. The summed E-state index contributed by atoms with van der Waals surface area (Å²) in [5, 5.41) is 0. The topological polar surface area (TPSA) is 0 Å². The highest BCUT2D eigenvalue weighted by molar-refractivity contribution is 4.87. The second kappa shape index (κ2) is 0.289. The molecular weight excluding hydrogens is 62.1 g/mol. The highest BCUT2D eigenvalue weighted by Gasteiger charge is 2.70. The minimum Gasteiger partial charge on any atom is -0.304 e. The van der Waals surface area contributed by atoms with E-state index in [0.717, 1.165) is 6.04 Å². The molecular formula is C4H8N+. The number of likely N-dealkylation sites (N-methyl/N-ethyl adjacent to an activating group) is 1. The van der Waals surface area contributed by atoms with E-state index in [1.165, 1.54) is 17.6 Å². The maximum absolute atomic E-state index is 2.31. The number of hydrogen-bond acceptors (Lipinski definition) is 0. The zero-order valence-corrected chi connectivity index (χ0v) is 3.44. The van der Waals surface area contributed by atoms with Crippen LogP contribution in [0.2, 0.25) is 0 Å². The van der Waals surface area contributed by atoms with E-state index in [0.29, 0.717) is 0 Å². The molecule has 2 aliphatic heterocycles. The van der Waals surface area contributed by atoms with E-state index >= 15 is 0 Å². The van der Waals surface area contributed by atoms with Gasteiger partial charge in [-0.2, -0.15) is 0 Å². The highest BCUT2D eigenvalue weighted by atomic mass is 15.6. The molecule has 2 fully saturated rings. The standard InChI is InChI=1S/C4H8N/c1-5-2-4(5)3-5/h4H,2-3H2,1H3/q+1. The summed E-state index contributed by atoms with van der Waals surface area (Å²) >= 11 is 0. The molecule has 5 heavy (non-hydrogen) atoms. The molecule has 0 aromatic heterocycles. The lowest BCUT2D eigenvalue weighted by Gasteiger charge is -1.84. The van der Waals surface area contributed by atoms with Crippen molar-refractivity contribution in [1.29, 1.82) is 0 Å². The van der Waals surface area contributed by atoms with Gasteiger partial charge in [-0.15, -0.1) is 0 Å². The summed E-state index contributed by atoms with van der Waals surface area (Å²) in [4.78, 5) is 0. The van der Waals surface area contributed by atoms with Crippen LogP contribution in [0, 0.1) is 0 Å². The first-order valence-electron chi connectivity index (χ1n) is 2.15. The number of quaternary nitrogens is 1. The summed E-state index contributed by atoms with van der Waals surface area (Å²) in [6.45, 7) is 2.97. The fourth-order valence-electron chi connectivity index (χ4n) is 0.815. The quantitative estimate of drug-likeness (QED) is 0.274. The predicted molar refractivity (Wildman–Crippen MR) is 19.7 cm³/mol. The van der Waals surface area contributed by atoms with Crippen molar-refractivity contribution in [3.8, 4) is 0 Å². The van der Waals surface area contributed by atoms with Crippen LogP contribution in [0.25, 0.3) is 0 Å². The lowest BCUT2D eigenvalue weighted by molar-refractivity contribution is -0.676. The van der Waals surface area contributed by atoms with Crippen LogP contribution in [0.5, 0.6) is 0 Å². The van der Waals surface area contributed by atoms with Crippen molar-refractivity contribution >= 4 is 0 Å². The number of fused-ring (bicyclic) bond motifs is 1. The van der Waals surface area contributed by atoms with E-state index < -0.39 is 0 Å². The van der Waals surface area contributed by atoms with Crippen molar-refractivity contribution in [3.05, 3.63) is 0 Å². The third kappa shape index (κ3) is 0.106. The van der Waals surface area contributed by atoms with Crippen molar-refractivity contribution in [3.63, 3.8) is 0 Å². The summed E-state index contributed by atoms with van der Waals surface area (Å²) in [6.07, 6.45) is 0. The monoisotopic (exact) mass is 70.1 g/mol. The molecule has 1 heteroatoms. The van der Waals surface area contributed by atoms with Gasteiger partial charge in [0.15, 0.2) is 6.04 Å². The Morgan fingerprint density at radius 1 is 1.60 bits per heavy atom. The summed E-state index contributed by atoms with van der Waals surface area (Å²) in [6, 6.07) is 1.13. The molecule has 0 aliphatic carbocycles. The molecule has 0 N–H and O–H groups in total. The van der Waals surface area contributed by atoms with Gasteiger partial charge in [0.25, 0.3) is 0 Å². The van der Waals surface area contributed by atoms with Crippen molar-refractivity contribution in [2.45, 2.75) is 6.04 Å². The SMILES string of the molecule is C[N+]12CC1C2. The zero-order valence-electron chi connectivity index (χ0n) is 3.44. The average Bonchev–Trinajstić information content (AvgIpc) is 1.74. The molecule has 0 bridgehead atoms. The molecule has 2 aliphatic rings. The summed E-state index contributed by atoms with van der Waals surface area (Å²) in [5.74, 6) is 0. The molecule has 0 saturated carbocycles. The smallest absolute Gasteiger partial charge is 0.188 e. The first-order chi connectivity index (χ1) is 2.31. The van der Waals surface area contributed by atoms with E-state index in [1.807, 2.05) is 0 Å². The van der Waals surface area contributed by atoms with Crippen LogP contribution >= 0.6 is 0 Å². The fourth-order valence-corrected chi connectivity index (χ4v) is 0.815. The second-order valence-electron chi connectivity index (χ2n) is 2.50. The maximum Gasteiger partial charge on any atom is 0.188 e. The number of nitrogens with zero attached hydrogens (tertiary/aromatic N) is 1. The highest BCUT2D eigenvalue weighted by Crippen LogP contribution is 2.44. The van der Waals surface area contributed by atoms with E-state index in [1.54, 1.807) is 0 Å². The Hall–Kier alpha value is -0.0400. The Balaban J connectivity index is 2.37. The van der Waals surface area contributed by atoms with Gasteiger partial charge in [0, 0.05) is 0 Å². The number of hydrogen-bond donors (Lipinski definition) is 0. The lowest BCUT2D eigenvalue weighted by atomic mass is 10.5. The largest absolute Gasteiger partial charge is 0.304 e. The summed E-state index contributed by atoms with van der Waals surface area (Å²) < 4.78 is 1.42. The van der Waals surface area contributed by atoms with E-state index in [4.69, 9.17) is 0 Å². The van der Waals surface area contributed by atoms with Crippen LogP contribution in [0.1, 0.15) is 0 Å². The predicted octanol–water partition coefficient (Wildman–Crippen LogP) is -0.171. The Morgan fingerprint density at radius 2 is 1.80 bits per heavy atom.